The van der Waals surface area contributed by atoms with Gasteiger partial charge >= 0.3 is 0 Å². The number of nitrogens with one attached hydrogen (secondary N) is 2. The standard InChI is InChI=1S/C17H22ClN5O3.ClH/c1-25-8-9-26-16-3-2-12(10-14(16)18)20-17(24)15-11-23(22-21-15)13-4-6-19-7-5-13;/h2-3,10-11,13,19H,4-9H2,1H3,(H,20,24);1H. The van der Waals surface area contributed by atoms with Crippen molar-refractivity contribution in [1.29, 1.82) is 0 Å². The summed E-state index contributed by atoms with van der Waals surface area (Å²) in [5.41, 5.74) is 0.843. The Morgan fingerprint density at radius 2 is 2.15 bits per heavy atom. The van der Waals surface area contributed by atoms with Gasteiger partial charge in [0.25, 0.3) is 5.91 Å². The van der Waals surface area contributed by atoms with Gasteiger partial charge in [0.15, 0.2) is 5.69 Å². The average molecular weight is 416 g/mol. The first-order valence-corrected chi connectivity index (χ1v) is 8.90. The molecule has 0 saturated carbocycles. The van der Waals surface area contributed by atoms with Crippen LogP contribution in [-0.4, -0.2) is 54.3 Å². The lowest BCUT2D eigenvalue weighted by Crippen LogP contribution is -2.29. The Kier molecular flexibility index (Phi) is 8.30. The van der Waals surface area contributed by atoms with Crippen LogP contribution in [-0.2, 0) is 4.74 Å². The van der Waals surface area contributed by atoms with E-state index in [4.69, 9.17) is 21.1 Å². The normalized spacial score (nSPS) is 14.4. The van der Waals surface area contributed by atoms with Gasteiger partial charge in [0.05, 0.1) is 23.9 Å². The monoisotopic (exact) mass is 415 g/mol. The molecule has 1 aliphatic rings. The molecule has 2 N–H and O–H groups in total. The smallest absolute Gasteiger partial charge is 0.277 e. The third-order valence-corrected chi connectivity index (χ3v) is 4.46. The quantitative estimate of drug-likeness (QED) is 0.675. The lowest BCUT2D eigenvalue weighted by Gasteiger charge is -2.22. The van der Waals surface area contributed by atoms with Crippen molar-refractivity contribution < 1.29 is 14.3 Å². The highest BCUT2D eigenvalue weighted by atomic mass is 35.5. The number of rotatable bonds is 7. The molecular weight excluding hydrogens is 393 g/mol. The predicted molar refractivity (Wildman–Crippen MR) is 105 cm³/mol. The highest BCUT2D eigenvalue weighted by Crippen LogP contribution is 2.28. The Labute approximate surface area is 169 Å². The maximum atomic E-state index is 12.4. The minimum absolute atomic E-state index is 0. The Balaban J connectivity index is 0.00000261. The first-order chi connectivity index (χ1) is 12.7. The topological polar surface area (TPSA) is 90.3 Å². The van der Waals surface area contributed by atoms with Gasteiger partial charge in [0.1, 0.15) is 12.4 Å². The van der Waals surface area contributed by atoms with Crippen molar-refractivity contribution >= 4 is 35.6 Å². The van der Waals surface area contributed by atoms with Crippen LogP contribution in [0, 0.1) is 0 Å². The molecule has 1 aromatic heterocycles. The van der Waals surface area contributed by atoms with E-state index in [0.717, 1.165) is 25.9 Å². The van der Waals surface area contributed by atoms with E-state index in [-0.39, 0.29) is 30.0 Å². The van der Waals surface area contributed by atoms with Crippen molar-refractivity contribution in [2.45, 2.75) is 18.9 Å². The molecule has 27 heavy (non-hydrogen) atoms. The van der Waals surface area contributed by atoms with Crippen LogP contribution in [0.5, 0.6) is 5.75 Å². The summed E-state index contributed by atoms with van der Waals surface area (Å²) in [6, 6.07) is 5.35. The molecule has 0 unspecified atom stereocenters. The summed E-state index contributed by atoms with van der Waals surface area (Å²) in [5, 5.41) is 14.6. The predicted octanol–water partition coefficient (Wildman–Crippen LogP) is 2.56. The van der Waals surface area contributed by atoms with Crippen LogP contribution >= 0.6 is 24.0 Å². The maximum Gasteiger partial charge on any atom is 0.277 e. The molecular formula is C17H23Cl2N5O3. The lowest BCUT2D eigenvalue weighted by molar-refractivity contribution is 0.102. The zero-order valence-electron chi connectivity index (χ0n) is 15.0. The van der Waals surface area contributed by atoms with Crippen molar-refractivity contribution in [2.75, 3.05) is 38.7 Å². The van der Waals surface area contributed by atoms with Gasteiger partial charge in [-0.1, -0.05) is 16.8 Å². The highest BCUT2D eigenvalue weighted by molar-refractivity contribution is 6.32. The molecule has 0 atom stereocenters. The molecule has 148 valence electrons. The summed E-state index contributed by atoms with van der Waals surface area (Å²) < 4.78 is 12.2. The molecule has 8 nitrogen and oxygen atoms in total. The van der Waals surface area contributed by atoms with Gasteiger partial charge in [-0.2, -0.15) is 0 Å². The number of nitrogens with zero attached hydrogens (tertiary/aromatic N) is 3. The van der Waals surface area contributed by atoms with Crippen LogP contribution < -0.4 is 15.4 Å². The molecule has 1 aliphatic heterocycles. The molecule has 10 heteroatoms. The molecule has 3 rings (SSSR count). The second-order valence-electron chi connectivity index (χ2n) is 6.01. The van der Waals surface area contributed by atoms with Crippen LogP contribution in [0.15, 0.2) is 24.4 Å². The fourth-order valence-corrected chi connectivity index (χ4v) is 2.99. The molecule has 1 aromatic carbocycles. The largest absolute Gasteiger partial charge is 0.490 e. The number of amides is 1. The maximum absolute atomic E-state index is 12.4. The fourth-order valence-electron chi connectivity index (χ4n) is 2.76. The van der Waals surface area contributed by atoms with Crippen molar-refractivity contribution in [3.8, 4) is 5.75 Å². The Morgan fingerprint density at radius 1 is 1.37 bits per heavy atom. The van der Waals surface area contributed by atoms with E-state index in [9.17, 15) is 4.79 Å². The minimum atomic E-state index is -0.325. The van der Waals surface area contributed by atoms with Gasteiger partial charge < -0.3 is 20.1 Å². The molecule has 1 amide bonds. The van der Waals surface area contributed by atoms with E-state index in [1.165, 1.54) is 0 Å². The summed E-state index contributed by atoms with van der Waals surface area (Å²) in [5.74, 6) is 0.216. The van der Waals surface area contributed by atoms with E-state index in [2.05, 4.69) is 20.9 Å². The number of methoxy groups -OCH3 is 1. The SMILES string of the molecule is COCCOc1ccc(NC(=O)c2cn(C3CCNCC3)nn2)cc1Cl.Cl. The van der Waals surface area contributed by atoms with Gasteiger partial charge in [-0.3, -0.25) is 4.79 Å². The molecule has 1 saturated heterocycles. The summed E-state index contributed by atoms with van der Waals surface area (Å²) >= 11 is 6.19. The second-order valence-corrected chi connectivity index (χ2v) is 6.41. The summed E-state index contributed by atoms with van der Waals surface area (Å²) in [4.78, 5) is 12.4. The number of carbonyl (C=O) groups is 1. The molecule has 0 radical (unpaired) electrons. The molecule has 0 spiro atoms. The average Bonchev–Trinajstić information content (AvgIpc) is 3.15. The summed E-state index contributed by atoms with van der Waals surface area (Å²) in [6.45, 7) is 2.77. The van der Waals surface area contributed by atoms with Gasteiger partial charge in [-0.15, -0.1) is 17.5 Å². The van der Waals surface area contributed by atoms with Gasteiger partial charge in [-0.25, -0.2) is 4.68 Å². The van der Waals surface area contributed by atoms with Crippen LogP contribution in [0.25, 0.3) is 0 Å². The van der Waals surface area contributed by atoms with Crippen molar-refractivity contribution in [1.82, 2.24) is 20.3 Å². The third-order valence-electron chi connectivity index (χ3n) is 4.16. The van der Waals surface area contributed by atoms with Crippen LogP contribution in [0.4, 0.5) is 5.69 Å². The van der Waals surface area contributed by atoms with Crippen molar-refractivity contribution in [3.05, 3.63) is 35.1 Å². The first kappa shape index (κ1) is 21.4. The number of carbonyl (C=O) groups excluding carboxylic acids is 1. The highest BCUT2D eigenvalue weighted by Gasteiger charge is 2.19. The fraction of sp³-hybridized carbons (Fsp3) is 0.471. The van der Waals surface area contributed by atoms with Crippen LogP contribution in [0.3, 0.4) is 0 Å². The molecule has 0 bridgehead atoms. The van der Waals surface area contributed by atoms with Crippen molar-refractivity contribution in [3.63, 3.8) is 0 Å². The summed E-state index contributed by atoms with van der Waals surface area (Å²) in [7, 11) is 1.60. The van der Waals surface area contributed by atoms with E-state index < -0.39 is 0 Å². The Hall–Kier alpha value is -1.87. The van der Waals surface area contributed by atoms with Crippen LogP contribution in [0.1, 0.15) is 29.4 Å². The minimum Gasteiger partial charge on any atom is -0.490 e. The van der Waals surface area contributed by atoms with Gasteiger partial charge in [0.2, 0.25) is 0 Å². The lowest BCUT2D eigenvalue weighted by atomic mass is 10.1. The van der Waals surface area contributed by atoms with Gasteiger partial charge in [-0.05, 0) is 44.1 Å². The van der Waals surface area contributed by atoms with E-state index in [1.54, 1.807) is 36.2 Å². The summed E-state index contributed by atoms with van der Waals surface area (Å²) in [6.07, 6.45) is 3.64. The Morgan fingerprint density at radius 3 is 2.85 bits per heavy atom. The van der Waals surface area contributed by atoms with Gasteiger partial charge in [0, 0.05) is 12.8 Å². The number of hydrogen-bond donors (Lipinski definition) is 2. The number of anilines is 1. The Bertz CT molecular complexity index is 750. The third kappa shape index (κ3) is 5.80. The first-order valence-electron chi connectivity index (χ1n) is 8.52. The zero-order chi connectivity index (χ0) is 18.4. The molecule has 2 heterocycles. The van der Waals surface area contributed by atoms with Crippen molar-refractivity contribution in [2.24, 2.45) is 0 Å². The number of piperidine rings is 1. The number of halogens is 2. The molecule has 0 aliphatic carbocycles. The second kappa shape index (κ2) is 10.5. The van der Waals surface area contributed by atoms with E-state index in [1.807, 2.05) is 0 Å². The molecule has 1 fully saturated rings. The van der Waals surface area contributed by atoms with E-state index >= 15 is 0 Å². The number of ether oxygens (including phenoxy) is 2. The molecule has 2 aromatic rings. The van der Waals surface area contributed by atoms with E-state index in [0.29, 0.717) is 29.7 Å². The number of benzene rings is 1. The number of aromatic nitrogens is 3. The number of hydrogen-bond acceptors (Lipinski definition) is 6. The van der Waals surface area contributed by atoms with Crippen LogP contribution in [0.2, 0.25) is 5.02 Å². The zero-order valence-corrected chi connectivity index (χ0v) is 16.6.